The van der Waals surface area contributed by atoms with E-state index in [2.05, 4.69) is 42.8 Å². The van der Waals surface area contributed by atoms with Gasteiger partial charge in [0.15, 0.2) is 0 Å². The van der Waals surface area contributed by atoms with Crippen LogP contribution in [-0.4, -0.2) is 50.7 Å². The quantitative estimate of drug-likeness (QED) is 0.760. The molecule has 0 aromatic heterocycles. The zero-order valence-corrected chi connectivity index (χ0v) is 9.70. The summed E-state index contributed by atoms with van der Waals surface area (Å²) in [4.78, 5) is 10.2. The zero-order valence-electron chi connectivity index (χ0n) is 8.12. The lowest BCUT2D eigenvalue weighted by Crippen LogP contribution is -2.43. The Labute approximate surface area is 92.9 Å². The maximum absolute atomic E-state index is 4.28. The van der Waals surface area contributed by atoms with Gasteiger partial charge in [-0.05, 0) is 22.6 Å². The van der Waals surface area contributed by atoms with Crippen LogP contribution >= 0.6 is 15.9 Å². The van der Waals surface area contributed by atoms with E-state index in [0.717, 1.165) is 37.3 Å². The van der Waals surface area contributed by atoms with Crippen LogP contribution in [0.4, 0.5) is 0 Å². The highest BCUT2D eigenvalue weighted by Crippen LogP contribution is 2.01. The average Bonchev–Trinajstić information content (AvgIpc) is 2.20. The van der Waals surface area contributed by atoms with Gasteiger partial charge in [0.05, 0.1) is 11.2 Å². The van der Waals surface area contributed by atoms with Crippen molar-refractivity contribution >= 4 is 28.9 Å². The first-order valence-electron chi connectivity index (χ1n) is 4.57. The van der Waals surface area contributed by atoms with Crippen molar-refractivity contribution in [3.8, 4) is 0 Å². The van der Waals surface area contributed by atoms with Crippen LogP contribution in [0.3, 0.4) is 0 Å². The molecule has 78 valence electrons. The second-order valence-electron chi connectivity index (χ2n) is 3.02. The van der Waals surface area contributed by atoms with Gasteiger partial charge in [-0.2, -0.15) is 0 Å². The molecular weight excluding hydrogens is 244 g/mol. The number of piperazine rings is 1. The molecule has 0 aromatic carbocycles. The van der Waals surface area contributed by atoms with E-state index in [1.807, 2.05) is 0 Å². The molecule has 1 fully saturated rings. The van der Waals surface area contributed by atoms with Gasteiger partial charge in [0.25, 0.3) is 0 Å². The van der Waals surface area contributed by atoms with Crippen molar-refractivity contribution in [2.24, 2.45) is 9.98 Å². The Kier molecular flexibility index (Phi) is 5.66. The number of allylic oxidation sites excluding steroid dienone is 1. The van der Waals surface area contributed by atoms with Crippen LogP contribution in [0.25, 0.3) is 0 Å². The van der Waals surface area contributed by atoms with E-state index in [0.29, 0.717) is 0 Å². The lowest BCUT2D eigenvalue weighted by atomic mass is 10.4. The van der Waals surface area contributed by atoms with E-state index < -0.39 is 0 Å². The Balaban J connectivity index is 2.24. The molecule has 5 heteroatoms. The van der Waals surface area contributed by atoms with E-state index in [1.54, 1.807) is 12.4 Å². The third-order valence-electron chi connectivity index (χ3n) is 1.92. The predicted octanol–water partition coefficient (Wildman–Crippen LogP) is 0.857. The number of nitrogens with one attached hydrogen (secondary N) is 1. The average molecular weight is 259 g/mol. The third-order valence-corrected chi connectivity index (χ3v) is 2.33. The fourth-order valence-corrected chi connectivity index (χ4v) is 1.51. The van der Waals surface area contributed by atoms with Crippen molar-refractivity contribution in [3.05, 3.63) is 10.7 Å². The van der Waals surface area contributed by atoms with Crippen molar-refractivity contribution < 1.29 is 0 Å². The fraction of sp³-hybridized carbons (Fsp3) is 0.556. The van der Waals surface area contributed by atoms with Crippen LogP contribution in [0.15, 0.2) is 20.7 Å². The van der Waals surface area contributed by atoms with E-state index in [-0.39, 0.29) is 0 Å². The zero-order chi connectivity index (χ0) is 10.2. The summed E-state index contributed by atoms with van der Waals surface area (Å²) in [5.74, 6) is 0. The maximum atomic E-state index is 4.28. The molecule has 1 rings (SSSR count). The molecule has 0 spiro atoms. The highest BCUT2D eigenvalue weighted by molar-refractivity contribution is 9.12. The molecule has 0 unspecified atom stereocenters. The molecule has 4 nitrogen and oxygen atoms in total. The molecule has 1 N–H and O–H groups in total. The molecule has 0 aliphatic carbocycles. The fourth-order valence-electron chi connectivity index (χ4n) is 1.22. The Morgan fingerprint density at radius 2 is 2.21 bits per heavy atom. The summed E-state index contributed by atoms with van der Waals surface area (Å²) < 4.78 is 0.850. The van der Waals surface area contributed by atoms with Gasteiger partial charge in [-0.15, -0.1) is 0 Å². The van der Waals surface area contributed by atoms with Gasteiger partial charge in [-0.3, -0.25) is 14.9 Å². The number of hydrogen-bond acceptors (Lipinski definition) is 4. The standard InChI is InChI=1S/C9H15BrN4/c1-11-6-9(10)7-13-8-14-4-2-12-3-5-14/h6-7,12H,1-5,8H2/b9-6+,13-7-. The molecule has 0 aromatic rings. The molecule has 14 heavy (non-hydrogen) atoms. The lowest BCUT2D eigenvalue weighted by Gasteiger charge is -2.25. The monoisotopic (exact) mass is 258 g/mol. The summed E-state index contributed by atoms with van der Waals surface area (Å²) in [7, 11) is 0. The van der Waals surface area contributed by atoms with Gasteiger partial charge in [-0.1, -0.05) is 0 Å². The largest absolute Gasteiger partial charge is 0.314 e. The number of rotatable bonds is 4. The highest BCUT2D eigenvalue weighted by atomic mass is 79.9. The van der Waals surface area contributed by atoms with Crippen molar-refractivity contribution in [1.29, 1.82) is 0 Å². The van der Waals surface area contributed by atoms with Gasteiger partial charge in [0.2, 0.25) is 0 Å². The van der Waals surface area contributed by atoms with E-state index >= 15 is 0 Å². The van der Waals surface area contributed by atoms with Gasteiger partial charge in [-0.25, -0.2) is 0 Å². The summed E-state index contributed by atoms with van der Waals surface area (Å²) >= 11 is 3.31. The van der Waals surface area contributed by atoms with E-state index in [9.17, 15) is 0 Å². The topological polar surface area (TPSA) is 40.0 Å². The van der Waals surface area contributed by atoms with Crippen LogP contribution in [-0.2, 0) is 0 Å². The molecule has 1 heterocycles. The van der Waals surface area contributed by atoms with Crippen LogP contribution < -0.4 is 5.32 Å². The summed E-state index contributed by atoms with van der Waals surface area (Å²) in [6.45, 7) is 8.36. The minimum Gasteiger partial charge on any atom is -0.314 e. The minimum atomic E-state index is 0.752. The van der Waals surface area contributed by atoms with Gasteiger partial charge in [0, 0.05) is 38.6 Å². The summed E-state index contributed by atoms with van der Waals surface area (Å²) in [6.07, 6.45) is 3.39. The molecule has 0 bridgehead atoms. The smallest absolute Gasteiger partial charge is 0.0910 e. The Morgan fingerprint density at radius 3 is 2.86 bits per heavy atom. The normalized spacial score (nSPS) is 20.2. The van der Waals surface area contributed by atoms with Crippen molar-refractivity contribution in [2.75, 3.05) is 32.8 Å². The molecule has 1 aliphatic heterocycles. The molecule has 0 atom stereocenters. The molecule has 1 aliphatic rings. The van der Waals surface area contributed by atoms with Gasteiger partial charge in [0.1, 0.15) is 0 Å². The molecule has 0 saturated carbocycles. The Hall–Kier alpha value is -0.520. The van der Waals surface area contributed by atoms with Crippen LogP contribution in [0.1, 0.15) is 0 Å². The Morgan fingerprint density at radius 1 is 1.50 bits per heavy atom. The first kappa shape index (κ1) is 11.6. The number of nitrogens with zero attached hydrogens (tertiary/aromatic N) is 3. The van der Waals surface area contributed by atoms with Gasteiger partial charge < -0.3 is 5.32 Å². The second kappa shape index (κ2) is 6.86. The molecular formula is C9H15BrN4. The SMILES string of the molecule is C=N/C=C(Br)\C=N/CN1CCNCC1. The first-order chi connectivity index (χ1) is 6.83. The summed E-state index contributed by atoms with van der Waals surface area (Å²) in [5, 5.41) is 3.30. The highest BCUT2D eigenvalue weighted by Gasteiger charge is 2.06. The Bertz CT molecular complexity index is 231. The van der Waals surface area contributed by atoms with Crippen LogP contribution in [0.2, 0.25) is 0 Å². The molecule has 0 radical (unpaired) electrons. The lowest BCUT2D eigenvalue weighted by molar-refractivity contribution is 0.249. The van der Waals surface area contributed by atoms with Crippen molar-refractivity contribution in [1.82, 2.24) is 10.2 Å². The predicted molar refractivity (Wildman–Crippen MR) is 64.4 cm³/mol. The number of halogens is 1. The minimum absolute atomic E-state index is 0.752. The first-order valence-corrected chi connectivity index (χ1v) is 5.36. The van der Waals surface area contributed by atoms with Crippen molar-refractivity contribution in [2.45, 2.75) is 0 Å². The van der Waals surface area contributed by atoms with Crippen LogP contribution in [0.5, 0.6) is 0 Å². The van der Waals surface area contributed by atoms with Crippen LogP contribution in [0, 0.1) is 0 Å². The number of hydrogen-bond donors (Lipinski definition) is 1. The third kappa shape index (κ3) is 4.64. The molecule has 1 saturated heterocycles. The van der Waals surface area contributed by atoms with Gasteiger partial charge >= 0.3 is 0 Å². The van der Waals surface area contributed by atoms with E-state index in [4.69, 9.17) is 0 Å². The summed E-state index contributed by atoms with van der Waals surface area (Å²) in [6, 6.07) is 0. The number of aliphatic imine (C=N–C) groups is 2. The van der Waals surface area contributed by atoms with Crippen molar-refractivity contribution in [3.63, 3.8) is 0 Å². The maximum Gasteiger partial charge on any atom is 0.0910 e. The second-order valence-corrected chi connectivity index (χ2v) is 3.93. The van der Waals surface area contributed by atoms with E-state index in [1.165, 1.54) is 0 Å². The summed E-state index contributed by atoms with van der Waals surface area (Å²) in [5.41, 5.74) is 0. The molecule has 0 amide bonds.